The third-order valence-corrected chi connectivity index (χ3v) is 3.76. The molecule has 0 unspecified atom stereocenters. The monoisotopic (exact) mass is 316 g/mol. The van der Waals surface area contributed by atoms with Gasteiger partial charge in [0.05, 0.1) is 0 Å². The van der Waals surface area contributed by atoms with Gasteiger partial charge >= 0.3 is 0 Å². The summed E-state index contributed by atoms with van der Waals surface area (Å²) in [6, 6.07) is 10.9. The first-order valence-corrected chi connectivity index (χ1v) is 7.93. The summed E-state index contributed by atoms with van der Waals surface area (Å²) >= 11 is 0. The van der Waals surface area contributed by atoms with Gasteiger partial charge in [0, 0.05) is 51.8 Å². The van der Waals surface area contributed by atoms with Crippen LogP contribution in [0.1, 0.15) is 17.7 Å². The number of ether oxygens (including phenoxy) is 1. The van der Waals surface area contributed by atoms with Crippen LogP contribution in [0, 0.1) is 5.82 Å². The number of rotatable bonds is 10. The number of hydrogen-bond donors (Lipinski definition) is 0. The maximum absolute atomic E-state index is 13.3. The van der Waals surface area contributed by atoms with Gasteiger partial charge < -0.3 is 9.30 Å². The fraction of sp³-hybridized carbons (Fsp3) is 0.368. The highest BCUT2D eigenvalue weighted by molar-refractivity contribution is 5.19. The van der Waals surface area contributed by atoms with E-state index < -0.39 is 0 Å². The van der Waals surface area contributed by atoms with Gasteiger partial charge in [-0.25, -0.2) is 4.39 Å². The van der Waals surface area contributed by atoms with Gasteiger partial charge in [-0.05, 0) is 36.2 Å². The number of nitrogens with zero attached hydrogens (tertiary/aromatic N) is 2. The molecule has 0 radical (unpaired) electrons. The van der Waals surface area contributed by atoms with Gasteiger partial charge in [-0.15, -0.1) is 6.58 Å². The van der Waals surface area contributed by atoms with E-state index in [1.165, 1.54) is 11.8 Å². The van der Waals surface area contributed by atoms with Crippen LogP contribution in [-0.2, 0) is 17.8 Å². The Kier molecular flexibility index (Phi) is 7.04. The van der Waals surface area contributed by atoms with Crippen molar-refractivity contribution in [3.8, 4) is 0 Å². The van der Waals surface area contributed by atoms with Crippen LogP contribution in [0.3, 0.4) is 0 Å². The van der Waals surface area contributed by atoms with Crippen LogP contribution >= 0.6 is 0 Å². The summed E-state index contributed by atoms with van der Waals surface area (Å²) in [6.45, 7) is 7.93. The largest absolute Gasteiger partial charge is 0.385 e. The molecule has 0 saturated heterocycles. The van der Waals surface area contributed by atoms with Gasteiger partial charge in [-0.1, -0.05) is 18.2 Å². The molecule has 2 rings (SSSR count). The molecular formula is C19H25FN2O. The van der Waals surface area contributed by atoms with Crippen molar-refractivity contribution >= 4 is 0 Å². The van der Waals surface area contributed by atoms with E-state index in [1.807, 2.05) is 24.4 Å². The molecule has 0 aliphatic heterocycles. The van der Waals surface area contributed by atoms with E-state index in [1.54, 1.807) is 19.2 Å². The second-order valence-corrected chi connectivity index (χ2v) is 5.63. The molecule has 1 heterocycles. The molecule has 0 atom stereocenters. The van der Waals surface area contributed by atoms with Gasteiger partial charge in [0.15, 0.2) is 0 Å². The molecule has 0 bridgehead atoms. The fourth-order valence-corrected chi connectivity index (χ4v) is 2.66. The Morgan fingerprint density at radius 1 is 1.30 bits per heavy atom. The SMILES string of the molecule is C=CCN(CCCOC)Cc1cccn1Cc1cccc(F)c1. The minimum atomic E-state index is -0.191. The lowest BCUT2D eigenvalue weighted by Gasteiger charge is -2.21. The number of halogens is 1. The first-order chi connectivity index (χ1) is 11.2. The summed E-state index contributed by atoms with van der Waals surface area (Å²) in [4.78, 5) is 2.34. The second kappa shape index (κ2) is 9.28. The van der Waals surface area contributed by atoms with E-state index in [0.717, 1.165) is 38.2 Å². The quantitative estimate of drug-likeness (QED) is 0.491. The van der Waals surface area contributed by atoms with Crippen LogP contribution in [-0.4, -0.2) is 36.3 Å². The molecule has 3 nitrogen and oxygen atoms in total. The molecule has 1 aromatic heterocycles. The molecule has 0 fully saturated rings. The van der Waals surface area contributed by atoms with Gasteiger partial charge in [0.2, 0.25) is 0 Å². The van der Waals surface area contributed by atoms with Gasteiger partial charge in [0.1, 0.15) is 5.82 Å². The van der Waals surface area contributed by atoms with Crippen LogP contribution in [0.4, 0.5) is 4.39 Å². The van der Waals surface area contributed by atoms with Crippen LogP contribution < -0.4 is 0 Å². The molecule has 2 aromatic rings. The normalized spacial score (nSPS) is 11.1. The Balaban J connectivity index is 2.02. The number of benzene rings is 1. The molecule has 124 valence electrons. The zero-order valence-electron chi connectivity index (χ0n) is 13.7. The first-order valence-electron chi connectivity index (χ1n) is 7.93. The van der Waals surface area contributed by atoms with Gasteiger partial charge in [0.25, 0.3) is 0 Å². The highest BCUT2D eigenvalue weighted by Gasteiger charge is 2.08. The first kappa shape index (κ1) is 17.4. The maximum Gasteiger partial charge on any atom is 0.123 e. The molecule has 0 spiro atoms. The van der Waals surface area contributed by atoms with Gasteiger partial charge in [-0.2, -0.15) is 0 Å². The Morgan fingerprint density at radius 2 is 2.17 bits per heavy atom. The lowest BCUT2D eigenvalue weighted by atomic mass is 10.2. The predicted octanol–water partition coefficient (Wildman–Crippen LogP) is 3.70. The molecule has 23 heavy (non-hydrogen) atoms. The summed E-state index contributed by atoms with van der Waals surface area (Å²) in [6.07, 6.45) is 4.96. The maximum atomic E-state index is 13.3. The topological polar surface area (TPSA) is 17.4 Å². The average molecular weight is 316 g/mol. The van der Waals surface area contributed by atoms with E-state index >= 15 is 0 Å². The highest BCUT2D eigenvalue weighted by Crippen LogP contribution is 2.12. The Morgan fingerprint density at radius 3 is 2.91 bits per heavy atom. The zero-order valence-corrected chi connectivity index (χ0v) is 13.7. The van der Waals surface area contributed by atoms with Crippen molar-refractivity contribution in [3.63, 3.8) is 0 Å². The van der Waals surface area contributed by atoms with Crippen molar-refractivity contribution in [2.75, 3.05) is 26.8 Å². The molecule has 0 aliphatic rings. The van der Waals surface area contributed by atoms with E-state index in [2.05, 4.69) is 22.1 Å². The van der Waals surface area contributed by atoms with Crippen molar-refractivity contribution in [2.24, 2.45) is 0 Å². The second-order valence-electron chi connectivity index (χ2n) is 5.63. The lowest BCUT2D eigenvalue weighted by molar-refractivity contribution is 0.173. The Bertz CT molecular complexity index is 609. The van der Waals surface area contributed by atoms with E-state index in [4.69, 9.17) is 4.74 Å². The standard InChI is InChI=1S/C19H25FN2O/c1-3-10-21(11-6-13-23-2)16-19-9-5-12-22(19)15-17-7-4-8-18(20)14-17/h3-5,7-9,12,14H,1,6,10-11,13,15-16H2,2H3. The Hall–Kier alpha value is -1.91. The van der Waals surface area contributed by atoms with Crippen molar-refractivity contribution in [3.05, 3.63) is 72.3 Å². The summed E-state index contributed by atoms with van der Waals surface area (Å²) in [5, 5.41) is 0. The highest BCUT2D eigenvalue weighted by atomic mass is 19.1. The van der Waals surface area contributed by atoms with Crippen molar-refractivity contribution < 1.29 is 9.13 Å². The molecular weight excluding hydrogens is 291 g/mol. The number of hydrogen-bond acceptors (Lipinski definition) is 2. The van der Waals surface area contributed by atoms with Gasteiger partial charge in [-0.3, -0.25) is 4.90 Å². The van der Waals surface area contributed by atoms with Crippen LogP contribution in [0.15, 0.2) is 55.3 Å². The minimum absolute atomic E-state index is 0.191. The zero-order chi connectivity index (χ0) is 16.5. The lowest BCUT2D eigenvalue weighted by Crippen LogP contribution is -2.26. The number of aromatic nitrogens is 1. The molecule has 0 amide bonds. The summed E-state index contributed by atoms with van der Waals surface area (Å²) in [5.74, 6) is -0.191. The predicted molar refractivity (Wildman–Crippen MR) is 91.9 cm³/mol. The third-order valence-electron chi connectivity index (χ3n) is 3.76. The van der Waals surface area contributed by atoms with E-state index in [0.29, 0.717) is 6.54 Å². The molecule has 0 N–H and O–H groups in total. The van der Waals surface area contributed by atoms with Crippen LogP contribution in [0.2, 0.25) is 0 Å². The molecule has 4 heteroatoms. The molecule has 0 aliphatic carbocycles. The summed E-state index contributed by atoms with van der Waals surface area (Å²) in [5.41, 5.74) is 2.19. The van der Waals surface area contributed by atoms with Crippen LogP contribution in [0.5, 0.6) is 0 Å². The molecule has 1 aromatic carbocycles. The third kappa shape index (κ3) is 5.66. The van der Waals surface area contributed by atoms with E-state index in [9.17, 15) is 4.39 Å². The molecule has 0 saturated carbocycles. The Labute approximate surface area is 138 Å². The average Bonchev–Trinajstić information content (AvgIpc) is 2.95. The van der Waals surface area contributed by atoms with E-state index in [-0.39, 0.29) is 5.82 Å². The van der Waals surface area contributed by atoms with Crippen molar-refractivity contribution in [1.29, 1.82) is 0 Å². The fourth-order valence-electron chi connectivity index (χ4n) is 2.66. The van der Waals surface area contributed by atoms with Crippen molar-refractivity contribution in [1.82, 2.24) is 9.47 Å². The minimum Gasteiger partial charge on any atom is -0.385 e. The summed E-state index contributed by atoms with van der Waals surface area (Å²) in [7, 11) is 1.72. The summed E-state index contributed by atoms with van der Waals surface area (Å²) < 4.78 is 20.6. The smallest absolute Gasteiger partial charge is 0.123 e. The number of methoxy groups -OCH3 is 1. The van der Waals surface area contributed by atoms with Crippen LogP contribution in [0.25, 0.3) is 0 Å². The van der Waals surface area contributed by atoms with Crippen molar-refractivity contribution in [2.45, 2.75) is 19.5 Å².